The summed E-state index contributed by atoms with van der Waals surface area (Å²) in [6.07, 6.45) is 5.13. The molecular formula is C16H31N3O2. The lowest BCUT2D eigenvalue weighted by Crippen LogP contribution is -2.46. The Kier molecular flexibility index (Phi) is 6.93. The van der Waals surface area contributed by atoms with Crippen molar-refractivity contribution in [2.45, 2.75) is 25.7 Å². The molecule has 2 heterocycles. The number of rotatable bonds is 7. The highest BCUT2D eigenvalue weighted by Crippen LogP contribution is 2.20. The molecule has 0 aromatic carbocycles. The van der Waals surface area contributed by atoms with Gasteiger partial charge in [-0.3, -0.25) is 9.69 Å². The number of hydrogen-bond donors (Lipinski definition) is 0. The molecule has 2 saturated heterocycles. The Morgan fingerprint density at radius 1 is 1.24 bits per heavy atom. The van der Waals surface area contributed by atoms with Crippen molar-refractivity contribution < 1.29 is 9.53 Å². The molecule has 0 N–H and O–H groups in total. The third-order valence-electron chi connectivity index (χ3n) is 4.67. The van der Waals surface area contributed by atoms with Crippen LogP contribution in [0.4, 0.5) is 0 Å². The first-order chi connectivity index (χ1) is 10.2. The van der Waals surface area contributed by atoms with Crippen molar-refractivity contribution in [3.05, 3.63) is 0 Å². The van der Waals surface area contributed by atoms with Gasteiger partial charge in [0, 0.05) is 33.3 Å². The Morgan fingerprint density at radius 3 is 2.71 bits per heavy atom. The summed E-state index contributed by atoms with van der Waals surface area (Å²) in [7, 11) is 3.69. The summed E-state index contributed by atoms with van der Waals surface area (Å²) >= 11 is 0. The van der Waals surface area contributed by atoms with E-state index in [4.69, 9.17) is 4.74 Å². The van der Waals surface area contributed by atoms with E-state index < -0.39 is 0 Å². The van der Waals surface area contributed by atoms with Gasteiger partial charge in [-0.05, 0) is 51.7 Å². The molecule has 5 nitrogen and oxygen atoms in total. The zero-order chi connectivity index (χ0) is 15.1. The van der Waals surface area contributed by atoms with E-state index in [-0.39, 0.29) is 5.91 Å². The van der Waals surface area contributed by atoms with E-state index in [1.165, 1.54) is 38.9 Å². The molecular weight excluding hydrogens is 266 g/mol. The van der Waals surface area contributed by atoms with E-state index in [0.29, 0.717) is 19.1 Å². The van der Waals surface area contributed by atoms with Crippen LogP contribution < -0.4 is 0 Å². The average molecular weight is 297 g/mol. The fourth-order valence-corrected chi connectivity index (χ4v) is 3.43. The Labute approximate surface area is 129 Å². The second kappa shape index (κ2) is 8.71. The smallest absolute Gasteiger partial charge is 0.236 e. The summed E-state index contributed by atoms with van der Waals surface area (Å²) in [6, 6.07) is 0. The molecule has 1 atom stereocenters. The van der Waals surface area contributed by atoms with Crippen molar-refractivity contribution in [3.8, 4) is 0 Å². The molecule has 2 fully saturated rings. The Bertz CT molecular complexity index is 319. The number of nitrogens with zero attached hydrogens (tertiary/aromatic N) is 3. The SMILES string of the molecule is COCCN(C)CC(=O)N1CCC[C@@H](CN2CCCC2)C1. The van der Waals surface area contributed by atoms with Crippen LogP contribution in [0.25, 0.3) is 0 Å². The fourth-order valence-electron chi connectivity index (χ4n) is 3.43. The monoisotopic (exact) mass is 297 g/mol. The summed E-state index contributed by atoms with van der Waals surface area (Å²) < 4.78 is 5.06. The van der Waals surface area contributed by atoms with Crippen LogP contribution in [0, 0.1) is 5.92 Å². The number of piperidine rings is 1. The molecule has 2 aliphatic rings. The molecule has 0 aliphatic carbocycles. The van der Waals surface area contributed by atoms with Crippen LogP contribution in [0.5, 0.6) is 0 Å². The number of carbonyl (C=O) groups is 1. The van der Waals surface area contributed by atoms with Gasteiger partial charge in [-0.2, -0.15) is 0 Å². The molecule has 2 aliphatic heterocycles. The highest BCUT2D eigenvalue weighted by atomic mass is 16.5. The van der Waals surface area contributed by atoms with Gasteiger partial charge in [-0.1, -0.05) is 0 Å². The van der Waals surface area contributed by atoms with Crippen molar-refractivity contribution in [3.63, 3.8) is 0 Å². The van der Waals surface area contributed by atoms with Crippen molar-refractivity contribution in [1.82, 2.24) is 14.7 Å². The third kappa shape index (κ3) is 5.57. The van der Waals surface area contributed by atoms with E-state index in [1.807, 2.05) is 7.05 Å². The average Bonchev–Trinajstić information content (AvgIpc) is 2.98. The lowest BCUT2D eigenvalue weighted by molar-refractivity contribution is -0.134. The second-order valence-corrected chi connectivity index (χ2v) is 6.59. The van der Waals surface area contributed by atoms with E-state index in [1.54, 1.807) is 7.11 Å². The van der Waals surface area contributed by atoms with E-state index >= 15 is 0 Å². The summed E-state index contributed by atoms with van der Waals surface area (Å²) in [5, 5.41) is 0. The first-order valence-electron chi connectivity index (χ1n) is 8.36. The summed E-state index contributed by atoms with van der Waals surface area (Å²) in [4.78, 5) is 19.1. The molecule has 0 aromatic rings. The van der Waals surface area contributed by atoms with Crippen LogP contribution in [0.3, 0.4) is 0 Å². The van der Waals surface area contributed by atoms with Crippen molar-refractivity contribution in [2.75, 3.05) is 66.6 Å². The van der Waals surface area contributed by atoms with Crippen molar-refractivity contribution in [1.29, 1.82) is 0 Å². The van der Waals surface area contributed by atoms with Crippen LogP contribution in [0.2, 0.25) is 0 Å². The molecule has 1 amide bonds. The van der Waals surface area contributed by atoms with Crippen LogP contribution in [0.1, 0.15) is 25.7 Å². The van der Waals surface area contributed by atoms with E-state index in [9.17, 15) is 4.79 Å². The van der Waals surface area contributed by atoms with Crippen LogP contribution in [-0.2, 0) is 9.53 Å². The van der Waals surface area contributed by atoms with E-state index in [0.717, 1.165) is 26.1 Å². The molecule has 0 spiro atoms. The van der Waals surface area contributed by atoms with Crippen molar-refractivity contribution >= 4 is 5.91 Å². The van der Waals surface area contributed by atoms with Gasteiger partial charge in [0.1, 0.15) is 0 Å². The Hall–Kier alpha value is -0.650. The molecule has 5 heteroatoms. The largest absolute Gasteiger partial charge is 0.383 e. The normalized spacial score (nSPS) is 24.0. The lowest BCUT2D eigenvalue weighted by atomic mass is 9.97. The van der Waals surface area contributed by atoms with Crippen LogP contribution >= 0.6 is 0 Å². The minimum absolute atomic E-state index is 0.278. The molecule has 0 aromatic heterocycles. The van der Waals surface area contributed by atoms with Gasteiger partial charge < -0.3 is 14.5 Å². The maximum absolute atomic E-state index is 12.4. The zero-order valence-corrected chi connectivity index (χ0v) is 13.7. The number of methoxy groups -OCH3 is 1. The molecule has 0 radical (unpaired) electrons. The van der Waals surface area contributed by atoms with Gasteiger partial charge >= 0.3 is 0 Å². The van der Waals surface area contributed by atoms with Crippen LogP contribution in [0.15, 0.2) is 0 Å². The predicted molar refractivity (Wildman–Crippen MR) is 84.4 cm³/mol. The number of likely N-dealkylation sites (N-methyl/N-ethyl adjacent to an activating group) is 1. The fraction of sp³-hybridized carbons (Fsp3) is 0.938. The topological polar surface area (TPSA) is 36.0 Å². The molecule has 0 saturated carbocycles. The molecule has 0 bridgehead atoms. The van der Waals surface area contributed by atoms with Crippen molar-refractivity contribution in [2.24, 2.45) is 5.92 Å². The van der Waals surface area contributed by atoms with Gasteiger partial charge in [0.15, 0.2) is 0 Å². The van der Waals surface area contributed by atoms with Gasteiger partial charge in [-0.15, -0.1) is 0 Å². The maximum Gasteiger partial charge on any atom is 0.236 e. The molecule has 122 valence electrons. The summed E-state index contributed by atoms with van der Waals surface area (Å²) in [6.45, 7) is 7.59. The van der Waals surface area contributed by atoms with Gasteiger partial charge in [0.05, 0.1) is 13.2 Å². The van der Waals surface area contributed by atoms with Crippen LogP contribution in [-0.4, -0.2) is 87.2 Å². The van der Waals surface area contributed by atoms with Gasteiger partial charge in [-0.25, -0.2) is 0 Å². The number of carbonyl (C=O) groups excluding carboxylic acids is 1. The first kappa shape index (κ1) is 16.7. The molecule has 0 unspecified atom stereocenters. The number of ether oxygens (including phenoxy) is 1. The van der Waals surface area contributed by atoms with Gasteiger partial charge in [0.2, 0.25) is 5.91 Å². The quantitative estimate of drug-likeness (QED) is 0.699. The predicted octanol–water partition coefficient (Wildman–Crippen LogP) is 0.899. The minimum Gasteiger partial charge on any atom is -0.383 e. The highest BCUT2D eigenvalue weighted by molar-refractivity contribution is 5.78. The maximum atomic E-state index is 12.4. The highest BCUT2D eigenvalue weighted by Gasteiger charge is 2.26. The third-order valence-corrected chi connectivity index (χ3v) is 4.67. The number of likely N-dealkylation sites (tertiary alicyclic amines) is 2. The molecule has 2 rings (SSSR count). The standard InChI is InChI=1S/C16H31N3O2/c1-17(10-11-21-2)14-16(20)19-9-5-6-15(13-19)12-18-7-3-4-8-18/h15H,3-14H2,1-2H3/t15-/m0/s1. The lowest BCUT2D eigenvalue weighted by Gasteiger charge is -2.35. The Morgan fingerprint density at radius 2 is 2.00 bits per heavy atom. The number of hydrogen-bond acceptors (Lipinski definition) is 4. The summed E-state index contributed by atoms with van der Waals surface area (Å²) in [5.41, 5.74) is 0. The summed E-state index contributed by atoms with van der Waals surface area (Å²) in [5.74, 6) is 0.949. The minimum atomic E-state index is 0.278. The second-order valence-electron chi connectivity index (χ2n) is 6.59. The van der Waals surface area contributed by atoms with E-state index in [2.05, 4.69) is 14.7 Å². The Balaban J connectivity index is 1.72. The molecule has 21 heavy (non-hydrogen) atoms. The first-order valence-corrected chi connectivity index (χ1v) is 8.36. The zero-order valence-electron chi connectivity index (χ0n) is 13.7. The van der Waals surface area contributed by atoms with Gasteiger partial charge in [0.25, 0.3) is 0 Å². The number of amides is 1.